The Labute approximate surface area is 128 Å². The number of carbonyl (C=O) groups excluding carboxylic acids is 1. The van der Waals surface area contributed by atoms with Crippen LogP contribution in [-0.2, 0) is 4.79 Å². The summed E-state index contributed by atoms with van der Waals surface area (Å²) in [5, 5.41) is 24.5. The van der Waals surface area contributed by atoms with E-state index in [1.165, 1.54) is 24.3 Å². The van der Waals surface area contributed by atoms with Gasteiger partial charge in [-0.25, -0.2) is 4.39 Å². The van der Waals surface area contributed by atoms with E-state index in [9.17, 15) is 19.6 Å². The number of halogens is 1. The van der Waals surface area contributed by atoms with Crippen LogP contribution in [0.2, 0.25) is 0 Å². The Kier molecular flexibility index (Phi) is 3.34. The van der Waals surface area contributed by atoms with Crippen LogP contribution in [-0.4, -0.2) is 37.7 Å². The van der Waals surface area contributed by atoms with E-state index < -0.39 is 17.0 Å². The number of hydroxylamine groups is 3. The highest BCUT2D eigenvalue weighted by Crippen LogP contribution is 2.41. The summed E-state index contributed by atoms with van der Waals surface area (Å²) in [7, 11) is 0. The second kappa shape index (κ2) is 4.86. The summed E-state index contributed by atoms with van der Waals surface area (Å²) in [4.78, 5) is 12.4. The van der Waals surface area contributed by atoms with Crippen molar-refractivity contribution in [1.82, 2.24) is 5.06 Å². The lowest BCUT2D eigenvalue weighted by atomic mass is 9.86. The van der Waals surface area contributed by atoms with E-state index in [4.69, 9.17) is 0 Å². The van der Waals surface area contributed by atoms with Gasteiger partial charge in [0.25, 0.3) is 0 Å². The fourth-order valence-electron chi connectivity index (χ4n) is 3.60. The standard InChI is InChI=1S/C16H19FN2O3/c1-15(2)14(11-6-8-12(17)9-7-11)18(21)16(19(15)22)10-4-3-5-13(16)20/h6-9,22H,3-5,10H2,1-2H3. The van der Waals surface area contributed by atoms with E-state index in [1.807, 2.05) is 0 Å². The first-order chi connectivity index (χ1) is 10.3. The third-order valence-electron chi connectivity index (χ3n) is 4.74. The molecule has 118 valence electrons. The van der Waals surface area contributed by atoms with Gasteiger partial charge in [-0.05, 0) is 51.0 Å². The van der Waals surface area contributed by atoms with Crippen molar-refractivity contribution < 1.29 is 19.1 Å². The average molecular weight is 306 g/mol. The van der Waals surface area contributed by atoms with Crippen LogP contribution < -0.4 is 0 Å². The minimum atomic E-state index is -1.55. The number of hydrogen-bond acceptors (Lipinski definition) is 4. The average Bonchev–Trinajstić information content (AvgIpc) is 2.62. The molecule has 0 bridgehead atoms. The first kappa shape index (κ1) is 15.1. The molecule has 1 spiro atoms. The van der Waals surface area contributed by atoms with Gasteiger partial charge < -0.3 is 10.4 Å². The SMILES string of the molecule is CC1(C)C(c2ccc(F)cc2)=[N+]([O-])C2(CCCCC2=O)N1O. The summed E-state index contributed by atoms with van der Waals surface area (Å²) in [6.07, 6.45) is 2.01. The van der Waals surface area contributed by atoms with Crippen molar-refractivity contribution in [3.63, 3.8) is 0 Å². The summed E-state index contributed by atoms with van der Waals surface area (Å²) >= 11 is 0. The normalized spacial score (nSPS) is 28.6. The predicted octanol–water partition coefficient (Wildman–Crippen LogP) is 2.45. The maximum Gasteiger partial charge on any atom is 0.310 e. The quantitative estimate of drug-likeness (QED) is 0.639. The maximum atomic E-state index is 13.1. The van der Waals surface area contributed by atoms with Crippen LogP contribution >= 0.6 is 0 Å². The number of nitrogens with zero attached hydrogens (tertiary/aromatic N) is 2. The van der Waals surface area contributed by atoms with Crippen LogP contribution in [0.15, 0.2) is 24.3 Å². The van der Waals surface area contributed by atoms with Gasteiger partial charge in [0, 0.05) is 18.4 Å². The molecule has 0 radical (unpaired) electrons. The van der Waals surface area contributed by atoms with E-state index in [1.54, 1.807) is 13.8 Å². The van der Waals surface area contributed by atoms with Crippen LogP contribution in [0.5, 0.6) is 0 Å². The number of ketones is 1. The van der Waals surface area contributed by atoms with Crippen LogP contribution in [0.1, 0.15) is 45.1 Å². The van der Waals surface area contributed by atoms with Gasteiger partial charge >= 0.3 is 5.66 Å². The molecule has 5 nitrogen and oxygen atoms in total. The zero-order chi connectivity index (χ0) is 16.1. The molecule has 1 fully saturated rings. The summed E-state index contributed by atoms with van der Waals surface area (Å²) in [6, 6.07) is 5.53. The number of carbonyl (C=O) groups is 1. The molecule has 1 aliphatic heterocycles. The summed E-state index contributed by atoms with van der Waals surface area (Å²) < 4.78 is 13.8. The van der Waals surface area contributed by atoms with Gasteiger partial charge in [0.2, 0.25) is 11.5 Å². The molecule has 1 unspecified atom stereocenters. The van der Waals surface area contributed by atoms with Crippen molar-refractivity contribution in [2.45, 2.75) is 50.7 Å². The van der Waals surface area contributed by atoms with Crippen molar-refractivity contribution in [3.8, 4) is 0 Å². The molecular weight excluding hydrogens is 287 g/mol. The summed E-state index contributed by atoms with van der Waals surface area (Å²) in [5.74, 6) is -0.664. The zero-order valence-electron chi connectivity index (χ0n) is 12.7. The zero-order valence-corrected chi connectivity index (χ0v) is 12.7. The second-order valence-electron chi connectivity index (χ2n) is 6.47. The van der Waals surface area contributed by atoms with Gasteiger partial charge in [0.15, 0.2) is 0 Å². The van der Waals surface area contributed by atoms with E-state index in [0.29, 0.717) is 23.1 Å². The molecule has 1 heterocycles. The molecule has 1 saturated carbocycles. The van der Waals surface area contributed by atoms with Crippen molar-refractivity contribution in [2.24, 2.45) is 0 Å². The topological polar surface area (TPSA) is 66.6 Å². The van der Waals surface area contributed by atoms with E-state index in [0.717, 1.165) is 11.5 Å². The van der Waals surface area contributed by atoms with Gasteiger partial charge in [-0.1, -0.05) is 0 Å². The third-order valence-corrected chi connectivity index (χ3v) is 4.74. The molecule has 3 rings (SSSR count). The van der Waals surface area contributed by atoms with Crippen molar-refractivity contribution >= 4 is 11.5 Å². The van der Waals surface area contributed by atoms with Crippen LogP contribution in [0.3, 0.4) is 0 Å². The van der Waals surface area contributed by atoms with Crippen LogP contribution in [0, 0.1) is 11.0 Å². The Morgan fingerprint density at radius 1 is 1.27 bits per heavy atom. The largest absolute Gasteiger partial charge is 0.622 e. The molecule has 1 aromatic rings. The molecule has 0 saturated heterocycles. The smallest absolute Gasteiger partial charge is 0.310 e. The maximum absolute atomic E-state index is 13.1. The molecule has 1 aliphatic carbocycles. The molecule has 1 N–H and O–H groups in total. The predicted molar refractivity (Wildman–Crippen MR) is 78.0 cm³/mol. The fourth-order valence-corrected chi connectivity index (χ4v) is 3.60. The molecule has 1 atom stereocenters. The lowest BCUT2D eigenvalue weighted by molar-refractivity contribution is -0.573. The fraction of sp³-hybridized carbons (Fsp3) is 0.500. The lowest BCUT2D eigenvalue weighted by Crippen LogP contribution is -2.60. The van der Waals surface area contributed by atoms with Crippen molar-refractivity contribution in [3.05, 3.63) is 40.9 Å². The third kappa shape index (κ3) is 1.84. The first-order valence-electron chi connectivity index (χ1n) is 7.45. The molecule has 2 aliphatic rings. The second-order valence-corrected chi connectivity index (χ2v) is 6.47. The Morgan fingerprint density at radius 2 is 1.91 bits per heavy atom. The van der Waals surface area contributed by atoms with Gasteiger partial charge in [-0.2, -0.15) is 4.74 Å². The Hall–Kier alpha value is -1.79. The van der Waals surface area contributed by atoms with Crippen LogP contribution in [0.25, 0.3) is 0 Å². The molecule has 22 heavy (non-hydrogen) atoms. The van der Waals surface area contributed by atoms with Gasteiger partial charge in [0.1, 0.15) is 11.4 Å². The van der Waals surface area contributed by atoms with Crippen molar-refractivity contribution in [1.29, 1.82) is 0 Å². The lowest BCUT2D eigenvalue weighted by Gasteiger charge is -2.36. The minimum Gasteiger partial charge on any atom is -0.622 e. The number of hydrogen-bond donors (Lipinski definition) is 1. The highest BCUT2D eigenvalue weighted by molar-refractivity contribution is 6.06. The summed E-state index contributed by atoms with van der Waals surface area (Å²) in [5.41, 5.74) is -1.79. The Morgan fingerprint density at radius 3 is 2.50 bits per heavy atom. The molecule has 0 amide bonds. The minimum absolute atomic E-state index is 0.263. The highest BCUT2D eigenvalue weighted by Gasteiger charge is 2.66. The van der Waals surface area contributed by atoms with Crippen LogP contribution in [0.4, 0.5) is 4.39 Å². The summed E-state index contributed by atoms with van der Waals surface area (Å²) in [6.45, 7) is 3.38. The first-order valence-corrected chi connectivity index (χ1v) is 7.45. The van der Waals surface area contributed by atoms with Gasteiger partial charge in [-0.15, -0.1) is 5.06 Å². The van der Waals surface area contributed by atoms with Crippen molar-refractivity contribution in [2.75, 3.05) is 0 Å². The molecule has 1 aromatic carbocycles. The monoisotopic (exact) mass is 306 g/mol. The Bertz CT molecular complexity index is 654. The number of benzene rings is 1. The van der Waals surface area contributed by atoms with E-state index in [2.05, 4.69) is 0 Å². The van der Waals surface area contributed by atoms with Gasteiger partial charge in [-0.3, -0.25) is 4.79 Å². The molecular formula is C16H19FN2O3. The molecule has 6 heteroatoms. The van der Waals surface area contributed by atoms with Gasteiger partial charge in [0.05, 0.1) is 0 Å². The van der Waals surface area contributed by atoms with E-state index >= 15 is 0 Å². The van der Waals surface area contributed by atoms with E-state index in [-0.39, 0.29) is 17.9 Å². The highest BCUT2D eigenvalue weighted by atomic mass is 19.1. The number of Topliss-reactive ketones (excluding diaryl/α,β-unsaturated/α-hetero) is 1. The molecule has 0 aromatic heterocycles. The Balaban J connectivity index is 2.20. The number of rotatable bonds is 1.